The van der Waals surface area contributed by atoms with Crippen molar-refractivity contribution in [3.8, 4) is 0 Å². The number of nitrogens with zero attached hydrogens (tertiary/aromatic N) is 2. The summed E-state index contributed by atoms with van der Waals surface area (Å²) in [5.41, 5.74) is 5.21. The fourth-order valence-electron chi connectivity index (χ4n) is 2.25. The highest BCUT2D eigenvalue weighted by atomic mass is 16.5. The summed E-state index contributed by atoms with van der Waals surface area (Å²) in [6.07, 6.45) is 2.79. The van der Waals surface area contributed by atoms with Crippen molar-refractivity contribution in [1.29, 1.82) is 0 Å². The Hall–Kier alpha value is -2.70. The van der Waals surface area contributed by atoms with Crippen LogP contribution in [0.3, 0.4) is 0 Å². The monoisotopic (exact) mass is 301 g/mol. The molecule has 1 amide bonds. The molecule has 0 unspecified atom stereocenters. The molecule has 22 heavy (non-hydrogen) atoms. The van der Waals surface area contributed by atoms with E-state index in [1.165, 1.54) is 5.12 Å². The SMILES string of the molecule is CCOC1=NN(c2ccccc2NC(=O)[O-])NC(C2CC2)=C1. The molecule has 0 aromatic heterocycles. The highest BCUT2D eigenvalue weighted by Crippen LogP contribution is 2.37. The van der Waals surface area contributed by atoms with Crippen LogP contribution in [0.25, 0.3) is 0 Å². The summed E-state index contributed by atoms with van der Waals surface area (Å²) in [4.78, 5) is 10.8. The standard InChI is InChI=1S/C15H18N4O3/c1-2-22-14-9-12(10-7-8-10)17-19(18-14)13-6-4-3-5-11(13)16-15(20)21/h3-6,9-10,16-17H,2,7-8H2,1H3,(H,20,21)/p-1. The van der Waals surface area contributed by atoms with E-state index in [1.807, 2.05) is 19.1 Å². The highest BCUT2D eigenvalue weighted by Gasteiger charge is 2.30. The minimum absolute atomic E-state index is 0.395. The van der Waals surface area contributed by atoms with Crippen LogP contribution < -0.4 is 21.0 Å². The average molecular weight is 301 g/mol. The zero-order valence-corrected chi connectivity index (χ0v) is 12.2. The van der Waals surface area contributed by atoms with Crippen LogP contribution in [0.2, 0.25) is 0 Å². The second-order valence-corrected chi connectivity index (χ2v) is 5.10. The molecule has 7 nitrogen and oxygen atoms in total. The first kappa shape index (κ1) is 14.2. The third-order valence-corrected chi connectivity index (χ3v) is 3.39. The Bertz CT molecular complexity index is 637. The molecule has 7 heteroatoms. The van der Waals surface area contributed by atoms with Crippen LogP contribution in [-0.2, 0) is 4.74 Å². The van der Waals surface area contributed by atoms with Crippen LogP contribution in [0.5, 0.6) is 0 Å². The van der Waals surface area contributed by atoms with Gasteiger partial charge in [0.05, 0.1) is 12.3 Å². The molecule has 1 aliphatic carbocycles. The summed E-state index contributed by atoms with van der Waals surface area (Å²) in [5, 5.41) is 19.0. The van der Waals surface area contributed by atoms with Crippen LogP contribution >= 0.6 is 0 Å². The quantitative estimate of drug-likeness (QED) is 0.877. The van der Waals surface area contributed by atoms with Crippen molar-refractivity contribution < 1.29 is 14.6 Å². The van der Waals surface area contributed by atoms with Crippen LogP contribution in [0.1, 0.15) is 19.8 Å². The molecule has 0 bridgehead atoms. The number of carbonyl (C=O) groups excluding carboxylic acids is 1. The number of carbonyl (C=O) groups is 1. The Morgan fingerprint density at radius 2 is 2.27 bits per heavy atom. The number of nitrogens with one attached hydrogen (secondary N) is 2. The molecule has 1 heterocycles. The molecule has 2 N–H and O–H groups in total. The lowest BCUT2D eigenvalue weighted by Crippen LogP contribution is -2.39. The number of para-hydroxylation sites is 2. The van der Waals surface area contributed by atoms with Gasteiger partial charge in [0, 0.05) is 17.7 Å². The van der Waals surface area contributed by atoms with Crippen molar-refractivity contribution >= 4 is 23.4 Å². The molecule has 1 saturated carbocycles. The maximum atomic E-state index is 10.8. The van der Waals surface area contributed by atoms with Gasteiger partial charge < -0.3 is 20.0 Å². The number of hydrogen-bond donors (Lipinski definition) is 2. The molecular weight excluding hydrogens is 284 g/mol. The third-order valence-electron chi connectivity index (χ3n) is 3.39. The number of allylic oxidation sites excluding steroid dienone is 1. The molecule has 3 rings (SSSR count). The Kier molecular flexibility index (Phi) is 3.86. The fraction of sp³-hybridized carbons (Fsp3) is 0.333. The summed E-state index contributed by atoms with van der Waals surface area (Å²) in [6, 6.07) is 6.96. The summed E-state index contributed by atoms with van der Waals surface area (Å²) < 4.78 is 5.51. The highest BCUT2D eigenvalue weighted by molar-refractivity contribution is 5.92. The van der Waals surface area contributed by atoms with Gasteiger partial charge in [0.25, 0.3) is 0 Å². The first-order chi connectivity index (χ1) is 10.7. The van der Waals surface area contributed by atoms with E-state index in [-0.39, 0.29) is 0 Å². The zero-order valence-electron chi connectivity index (χ0n) is 12.2. The molecule has 0 spiro atoms. The molecular formula is C15H17N4O3-. The summed E-state index contributed by atoms with van der Waals surface area (Å²) >= 11 is 0. The van der Waals surface area contributed by atoms with E-state index in [4.69, 9.17) is 4.74 Å². The van der Waals surface area contributed by atoms with E-state index < -0.39 is 6.09 Å². The van der Waals surface area contributed by atoms with Gasteiger partial charge in [0.15, 0.2) is 0 Å². The van der Waals surface area contributed by atoms with E-state index in [0.29, 0.717) is 29.8 Å². The van der Waals surface area contributed by atoms with Gasteiger partial charge in [0.1, 0.15) is 11.8 Å². The fourth-order valence-corrected chi connectivity index (χ4v) is 2.25. The van der Waals surface area contributed by atoms with Crippen molar-refractivity contribution in [3.63, 3.8) is 0 Å². The summed E-state index contributed by atoms with van der Waals surface area (Å²) in [7, 11) is 0. The normalized spacial score (nSPS) is 17.2. The number of amides is 1. The van der Waals surface area contributed by atoms with Gasteiger partial charge in [-0.05, 0) is 31.9 Å². The molecule has 0 radical (unpaired) electrons. The van der Waals surface area contributed by atoms with E-state index >= 15 is 0 Å². The van der Waals surface area contributed by atoms with Crippen LogP contribution in [0, 0.1) is 5.92 Å². The van der Waals surface area contributed by atoms with Crippen molar-refractivity contribution in [2.45, 2.75) is 19.8 Å². The first-order valence-corrected chi connectivity index (χ1v) is 7.24. The lowest BCUT2D eigenvalue weighted by Gasteiger charge is -2.28. The van der Waals surface area contributed by atoms with E-state index in [2.05, 4.69) is 15.8 Å². The smallest absolute Gasteiger partial charge is 0.235 e. The number of hydrazine groups is 1. The second kappa shape index (κ2) is 5.97. The topological polar surface area (TPSA) is 89.0 Å². The van der Waals surface area contributed by atoms with E-state index in [0.717, 1.165) is 18.5 Å². The largest absolute Gasteiger partial charge is 0.530 e. The second-order valence-electron chi connectivity index (χ2n) is 5.10. The molecule has 0 saturated heterocycles. The Balaban J connectivity index is 1.90. The lowest BCUT2D eigenvalue weighted by molar-refractivity contribution is -0.242. The third kappa shape index (κ3) is 3.13. The molecule has 1 aromatic rings. The average Bonchev–Trinajstić information content (AvgIpc) is 3.32. The molecule has 1 aliphatic heterocycles. The van der Waals surface area contributed by atoms with Gasteiger partial charge in [-0.2, -0.15) is 5.12 Å². The first-order valence-electron chi connectivity index (χ1n) is 7.24. The van der Waals surface area contributed by atoms with Crippen molar-refractivity contribution in [2.24, 2.45) is 11.0 Å². The molecule has 116 valence electrons. The maximum absolute atomic E-state index is 10.8. The number of rotatable bonds is 4. The van der Waals surface area contributed by atoms with Gasteiger partial charge in [-0.1, -0.05) is 12.1 Å². The molecule has 0 atom stereocenters. The molecule has 1 aromatic carbocycles. The van der Waals surface area contributed by atoms with Gasteiger partial charge in [-0.15, -0.1) is 5.10 Å². The van der Waals surface area contributed by atoms with Crippen molar-refractivity contribution in [2.75, 3.05) is 17.0 Å². The van der Waals surface area contributed by atoms with Crippen LogP contribution in [0.4, 0.5) is 16.2 Å². The number of anilines is 2. The number of benzene rings is 1. The predicted octanol–water partition coefficient (Wildman–Crippen LogP) is 1.41. The number of hydrogen-bond acceptors (Lipinski definition) is 6. The summed E-state index contributed by atoms with van der Waals surface area (Å²) in [5.74, 6) is 0.987. The Labute approximate surface area is 128 Å². The van der Waals surface area contributed by atoms with Crippen molar-refractivity contribution in [3.05, 3.63) is 36.0 Å². The van der Waals surface area contributed by atoms with E-state index in [1.54, 1.807) is 18.2 Å². The van der Waals surface area contributed by atoms with Gasteiger partial charge in [-0.25, -0.2) is 0 Å². The maximum Gasteiger partial charge on any atom is 0.235 e. The van der Waals surface area contributed by atoms with Crippen LogP contribution in [0.15, 0.2) is 41.1 Å². The van der Waals surface area contributed by atoms with Gasteiger partial charge in [-0.3, -0.25) is 5.43 Å². The molecule has 2 aliphatic rings. The van der Waals surface area contributed by atoms with Crippen LogP contribution in [-0.4, -0.2) is 18.6 Å². The summed E-state index contributed by atoms with van der Waals surface area (Å²) in [6.45, 7) is 2.41. The minimum atomic E-state index is -1.36. The predicted molar refractivity (Wildman–Crippen MR) is 80.9 cm³/mol. The zero-order chi connectivity index (χ0) is 15.5. The van der Waals surface area contributed by atoms with Crippen molar-refractivity contribution in [1.82, 2.24) is 5.43 Å². The minimum Gasteiger partial charge on any atom is -0.530 e. The Morgan fingerprint density at radius 1 is 1.50 bits per heavy atom. The number of ether oxygens (including phenoxy) is 1. The Morgan fingerprint density at radius 3 is 2.95 bits per heavy atom. The molecule has 1 fully saturated rings. The number of carboxylic acid groups (broad SMARTS) is 1. The number of hydrazone groups is 1. The van der Waals surface area contributed by atoms with Gasteiger partial charge in [0.2, 0.25) is 5.90 Å². The lowest BCUT2D eigenvalue weighted by atomic mass is 10.2. The van der Waals surface area contributed by atoms with Gasteiger partial charge >= 0.3 is 0 Å². The van der Waals surface area contributed by atoms with E-state index in [9.17, 15) is 9.90 Å².